The van der Waals surface area contributed by atoms with E-state index in [0.717, 1.165) is 4.57 Å². The minimum Gasteiger partial charge on any atom is -0.476 e. The highest BCUT2D eigenvalue weighted by Gasteiger charge is 2.31. The minimum absolute atomic E-state index is 0.000521. The molecule has 0 saturated carbocycles. The van der Waals surface area contributed by atoms with Crippen LogP contribution < -0.4 is 0 Å². The van der Waals surface area contributed by atoms with Gasteiger partial charge in [0.05, 0.1) is 18.8 Å². The first kappa shape index (κ1) is 13.6. The van der Waals surface area contributed by atoms with Crippen molar-refractivity contribution in [2.45, 2.75) is 19.1 Å². The summed E-state index contributed by atoms with van der Waals surface area (Å²) in [6.45, 7) is -1.13. The fourth-order valence-electron chi connectivity index (χ4n) is 2.24. The highest BCUT2D eigenvalue weighted by atomic mass is 19.3. The van der Waals surface area contributed by atoms with Gasteiger partial charge in [0.25, 0.3) is 0 Å². The summed E-state index contributed by atoms with van der Waals surface area (Å²) in [5, 5.41) is 16.1. The zero-order valence-corrected chi connectivity index (χ0v) is 10.8. The van der Waals surface area contributed by atoms with E-state index in [1.54, 1.807) is 0 Å². The number of carbonyl (C=O) groups is 1. The van der Waals surface area contributed by atoms with Crippen LogP contribution in [0.3, 0.4) is 0 Å². The van der Waals surface area contributed by atoms with E-state index in [4.69, 9.17) is 5.11 Å². The largest absolute Gasteiger partial charge is 0.476 e. The molecule has 1 aliphatic heterocycles. The van der Waals surface area contributed by atoms with E-state index in [2.05, 4.69) is 15.3 Å². The van der Waals surface area contributed by atoms with Crippen LogP contribution in [0.15, 0.2) is 18.6 Å². The Morgan fingerprint density at radius 1 is 1.48 bits per heavy atom. The molecule has 21 heavy (non-hydrogen) atoms. The first-order chi connectivity index (χ1) is 10.0. The molecule has 10 heteroatoms. The standard InChI is InChI=1S/C11H12F2N6O2/c12-11(13)18-2-1-14-9(18)6-17-3-7(4-17)19-5-8(10(20)21)15-16-19/h1-2,5,7,11H,3-4,6H2,(H,20,21). The van der Waals surface area contributed by atoms with Crippen LogP contribution in [0.5, 0.6) is 0 Å². The average molecular weight is 298 g/mol. The number of carboxylic acid groups (broad SMARTS) is 1. The van der Waals surface area contributed by atoms with Crippen LogP contribution >= 0.6 is 0 Å². The molecular weight excluding hydrogens is 286 g/mol. The van der Waals surface area contributed by atoms with E-state index < -0.39 is 12.5 Å². The van der Waals surface area contributed by atoms with E-state index in [0.29, 0.717) is 25.5 Å². The van der Waals surface area contributed by atoms with Gasteiger partial charge in [-0.3, -0.25) is 9.47 Å². The van der Waals surface area contributed by atoms with Crippen LogP contribution in [-0.2, 0) is 6.54 Å². The molecule has 3 rings (SSSR count). The van der Waals surface area contributed by atoms with E-state index in [9.17, 15) is 13.6 Å². The summed E-state index contributed by atoms with van der Waals surface area (Å²) < 4.78 is 27.7. The summed E-state index contributed by atoms with van der Waals surface area (Å²) in [4.78, 5) is 16.5. The molecular formula is C11H12F2N6O2. The van der Waals surface area contributed by atoms with Crippen LogP contribution in [-0.4, -0.2) is 53.6 Å². The third-order valence-corrected chi connectivity index (χ3v) is 3.37. The summed E-state index contributed by atoms with van der Waals surface area (Å²) in [5.41, 5.74) is -0.110. The Labute approximate surface area is 117 Å². The van der Waals surface area contributed by atoms with Crippen molar-refractivity contribution < 1.29 is 18.7 Å². The van der Waals surface area contributed by atoms with Gasteiger partial charge in [-0.15, -0.1) is 5.10 Å². The Morgan fingerprint density at radius 2 is 2.24 bits per heavy atom. The highest BCUT2D eigenvalue weighted by molar-refractivity contribution is 5.84. The number of hydrogen-bond donors (Lipinski definition) is 1. The maximum absolute atomic E-state index is 12.7. The number of alkyl halides is 2. The topological polar surface area (TPSA) is 89.1 Å². The molecule has 0 unspecified atom stereocenters. The maximum atomic E-state index is 12.7. The molecule has 2 aromatic rings. The zero-order chi connectivity index (χ0) is 15.0. The van der Waals surface area contributed by atoms with Crippen molar-refractivity contribution in [2.24, 2.45) is 0 Å². The van der Waals surface area contributed by atoms with Gasteiger partial charge in [-0.25, -0.2) is 14.5 Å². The Balaban J connectivity index is 1.58. The number of imidazole rings is 1. The molecule has 1 aliphatic rings. The highest BCUT2D eigenvalue weighted by Crippen LogP contribution is 2.23. The molecule has 0 atom stereocenters. The second kappa shape index (κ2) is 5.20. The molecule has 1 fully saturated rings. The fraction of sp³-hybridized carbons (Fsp3) is 0.455. The van der Waals surface area contributed by atoms with Gasteiger partial charge in [0.15, 0.2) is 5.69 Å². The molecule has 2 aromatic heterocycles. The Bertz CT molecular complexity index is 649. The number of likely N-dealkylation sites (tertiary alicyclic amines) is 1. The number of hydrogen-bond acceptors (Lipinski definition) is 5. The van der Waals surface area contributed by atoms with Gasteiger partial charge in [0, 0.05) is 25.5 Å². The predicted molar refractivity (Wildman–Crippen MR) is 64.8 cm³/mol. The van der Waals surface area contributed by atoms with Crippen molar-refractivity contribution >= 4 is 5.97 Å². The quantitative estimate of drug-likeness (QED) is 0.870. The van der Waals surface area contributed by atoms with E-state index in [1.807, 2.05) is 4.90 Å². The van der Waals surface area contributed by atoms with Gasteiger partial charge >= 0.3 is 12.5 Å². The van der Waals surface area contributed by atoms with Crippen molar-refractivity contribution in [3.05, 3.63) is 30.1 Å². The molecule has 0 spiro atoms. The average Bonchev–Trinajstić information content (AvgIpc) is 3.02. The molecule has 0 aromatic carbocycles. The minimum atomic E-state index is -2.60. The monoisotopic (exact) mass is 298 g/mol. The van der Waals surface area contributed by atoms with Crippen LogP contribution in [0, 0.1) is 0 Å². The molecule has 112 valence electrons. The Morgan fingerprint density at radius 3 is 2.86 bits per heavy atom. The first-order valence-electron chi connectivity index (χ1n) is 6.22. The predicted octanol–water partition coefficient (Wildman–Crippen LogP) is 0.625. The fourth-order valence-corrected chi connectivity index (χ4v) is 2.24. The van der Waals surface area contributed by atoms with Gasteiger partial charge in [-0.2, -0.15) is 8.78 Å². The number of rotatable bonds is 5. The lowest BCUT2D eigenvalue weighted by atomic mass is 10.1. The van der Waals surface area contributed by atoms with Crippen LogP contribution in [0.4, 0.5) is 8.78 Å². The Kier molecular flexibility index (Phi) is 3.37. The summed E-state index contributed by atoms with van der Waals surface area (Å²) in [5.74, 6) is -0.829. The van der Waals surface area contributed by atoms with Gasteiger partial charge in [-0.05, 0) is 0 Å². The van der Waals surface area contributed by atoms with Gasteiger partial charge < -0.3 is 5.11 Å². The summed E-state index contributed by atoms with van der Waals surface area (Å²) in [6.07, 6.45) is 3.95. The zero-order valence-electron chi connectivity index (χ0n) is 10.8. The third kappa shape index (κ3) is 2.61. The van der Waals surface area contributed by atoms with Gasteiger partial charge in [0.2, 0.25) is 0 Å². The van der Waals surface area contributed by atoms with Crippen LogP contribution in [0.2, 0.25) is 0 Å². The van der Waals surface area contributed by atoms with Gasteiger partial charge in [-0.1, -0.05) is 5.21 Å². The molecule has 1 saturated heterocycles. The molecule has 0 bridgehead atoms. The Hall–Kier alpha value is -2.36. The summed E-state index contributed by atoms with van der Waals surface area (Å²) >= 11 is 0. The lowest BCUT2D eigenvalue weighted by Crippen LogP contribution is -2.47. The number of halogens is 2. The van der Waals surface area contributed by atoms with E-state index in [-0.39, 0.29) is 11.7 Å². The lowest BCUT2D eigenvalue weighted by molar-refractivity contribution is 0.0519. The second-order valence-electron chi connectivity index (χ2n) is 4.77. The van der Waals surface area contributed by atoms with Crippen molar-refractivity contribution in [1.82, 2.24) is 29.4 Å². The lowest BCUT2D eigenvalue weighted by Gasteiger charge is -2.38. The molecule has 0 amide bonds. The smallest absolute Gasteiger partial charge is 0.358 e. The van der Waals surface area contributed by atoms with Crippen molar-refractivity contribution in [3.8, 4) is 0 Å². The summed E-state index contributed by atoms with van der Waals surface area (Å²) in [6, 6.07) is 0.000521. The number of nitrogens with zero attached hydrogens (tertiary/aromatic N) is 6. The third-order valence-electron chi connectivity index (χ3n) is 3.37. The van der Waals surface area contributed by atoms with Crippen molar-refractivity contribution in [2.75, 3.05) is 13.1 Å². The number of aromatic carboxylic acids is 1. The van der Waals surface area contributed by atoms with E-state index in [1.165, 1.54) is 23.3 Å². The molecule has 1 N–H and O–H groups in total. The SMILES string of the molecule is O=C(O)c1cn(C2CN(Cc3nccn3C(F)F)C2)nn1. The number of aromatic nitrogens is 5. The van der Waals surface area contributed by atoms with Crippen LogP contribution in [0.25, 0.3) is 0 Å². The van der Waals surface area contributed by atoms with Crippen molar-refractivity contribution in [1.29, 1.82) is 0 Å². The van der Waals surface area contributed by atoms with E-state index >= 15 is 0 Å². The normalized spacial score (nSPS) is 16.3. The summed E-state index contributed by atoms with van der Waals surface area (Å²) in [7, 11) is 0. The molecule has 0 radical (unpaired) electrons. The maximum Gasteiger partial charge on any atom is 0.358 e. The molecule has 3 heterocycles. The second-order valence-corrected chi connectivity index (χ2v) is 4.77. The molecule has 8 nitrogen and oxygen atoms in total. The number of carboxylic acids is 1. The van der Waals surface area contributed by atoms with Crippen molar-refractivity contribution in [3.63, 3.8) is 0 Å². The van der Waals surface area contributed by atoms with Crippen LogP contribution in [0.1, 0.15) is 28.9 Å². The molecule has 0 aliphatic carbocycles. The van der Waals surface area contributed by atoms with Gasteiger partial charge in [0.1, 0.15) is 5.82 Å². The first-order valence-corrected chi connectivity index (χ1v) is 6.22.